The van der Waals surface area contributed by atoms with Gasteiger partial charge in [0.1, 0.15) is 0 Å². The summed E-state index contributed by atoms with van der Waals surface area (Å²) in [6.07, 6.45) is -1.07. The normalized spacial score (nSPS) is 11.4. The van der Waals surface area contributed by atoms with Crippen LogP contribution in [0.15, 0.2) is 41.1 Å². The molecule has 0 fully saturated rings. The van der Waals surface area contributed by atoms with Gasteiger partial charge in [0.25, 0.3) is 0 Å². The van der Waals surface area contributed by atoms with Crippen LogP contribution in [0.3, 0.4) is 0 Å². The molecule has 1 N–H and O–H groups in total. The molecule has 0 unspecified atom stereocenters. The first-order valence-corrected chi connectivity index (χ1v) is 6.67. The van der Waals surface area contributed by atoms with E-state index in [9.17, 15) is 13.2 Å². The molecule has 106 valence electrons. The fraction of sp³-hybridized carbons (Fsp3) is 0.214. The summed E-state index contributed by atoms with van der Waals surface area (Å²) >= 11 is 3.19. The minimum absolute atomic E-state index is 0.0584. The number of aromatic nitrogens is 1. The average molecular weight is 345 g/mol. The summed E-state index contributed by atoms with van der Waals surface area (Å²) in [6, 6.07) is 5.66. The molecule has 20 heavy (non-hydrogen) atoms. The van der Waals surface area contributed by atoms with Crippen LogP contribution in [0.25, 0.3) is 0 Å². The van der Waals surface area contributed by atoms with E-state index < -0.39 is 11.7 Å². The van der Waals surface area contributed by atoms with Crippen LogP contribution in [-0.4, -0.2) is 4.98 Å². The standard InChI is InChI=1S/C14H12BrF3N2/c1-9-7-19-5-4-10(9)8-20-13-6-11(15)2-3-12(13)14(16,17)18/h2-7,20H,8H2,1H3. The molecule has 0 aliphatic rings. The maximum absolute atomic E-state index is 12.9. The summed E-state index contributed by atoms with van der Waals surface area (Å²) in [5, 5.41) is 2.84. The predicted octanol–water partition coefficient (Wildman–Crippen LogP) is 4.78. The third kappa shape index (κ3) is 3.50. The number of nitrogens with zero attached hydrogens (tertiary/aromatic N) is 1. The van der Waals surface area contributed by atoms with Gasteiger partial charge in [-0.1, -0.05) is 15.9 Å². The van der Waals surface area contributed by atoms with Gasteiger partial charge >= 0.3 is 6.18 Å². The van der Waals surface area contributed by atoms with Crippen molar-refractivity contribution in [2.75, 3.05) is 5.32 Å². The van der Waals surface area contributed by atoms with E-state index in [-0.39, 0.29) is 5.69 Å². The van der Waals surface area contributed by atoms with Crippen molar-refractivity contribution in [3.8, 4) is 0 Å². The van der Waals surface area contributed by atoms with E-state index >= 15 is 0 Å². The van der Waals surface area contributed by atoms with Gasteiger partial charge in [-0.25, -0.2) is 0 Å². The zero-order valence-corrected chi connectivity index (χ0v) is 12.2. The first-order valence-electron chi connectivity index (χ1n) is 5.88. The monoisotopic (exact) mass is 344 g/mol. The van der Waals surface area contributed by atoms with Crippen molar-refractivity contribution in [1.29, 1.82) is 0 Å². The summed E-state index contributed by atoms with van der Waals surface area (Å²) in [5.41, 5.74) is 1.23. The van der Waals surface area contributed by atoms with Crippen molar-refractivity contribution in [2.45, 2.75) is 19.6 Å². The van der Waals surface area contributed by atoms with Gasteiger partial charge in [-0.3, -0.25) is 4.98 Å². The smallest absolute Gasteiger partial charge is 0.380 e. The van der Waals surface area contributed by atoms with E-state index in [0.29, 0.717) is 11.0 Å². The number of rotatable bonds is 3. The Kier molecular flexibility index (Phi) is 4.32. The molecule has 1 aromatic carbocycles. The predicted molar refractivity (Wildman–Crippen MR) is 75.4 cm³/mol. The Hall–Kier alpha value is -1.56. The number of aryl methyl sites for hydroxylation is 1. The lowest BCUT2D eigenvalue weighted by Crippen LogP contribution is -2.11. The van der Waals surface area contributed by atoms with Gasteiger partial charge in [0.05, 0.1) is 5.56 Å². The quantitative estimate of drug-likeness (QED) is 0.866. The van der Waals surface area contributed by atoms with Crippen molar-refractivity contribution < 1.29 is 13.2 Å². The Morgan fingerprint density at radius 2 is 2.00 bits per heavy atom. The van der Waals surface area contributed by atoms with Crippen LogP contribution in [0.5, 0.6) is 0 Å². The van der Waals surface area contributed by atoms with E-state index in [1.807, 2.05) is 6.92 Å². The van der Waals surface area contributed by atoms with Crippen LogP contribution in [0.4, 0.5) is 18.9 Å². The highest BCUT2D eigenvalue weighted by molar-refractivity contribution is 9.10. The van der Waals surface area contributed by atoms with Crippen molar-refractivity contribution in [3.63, 3.8) is 0 Å². The van der Waals surface area contributed by atoms with Crippen LogP contribution in [0.1, 0.15) is 16.7 Å². The first kappa shape index (κ1) is 14.8. The SMILES string of the molecule is Cc1cnccc1CNc1cc(Br)ccc1C(F)(F)F. The zero-order valence-electron chi connectivity index (χ0n) is 10.6. The molecule has 2 nitrogen and oxygen atoms in total. The molecule has 0 saturated heterocycles. The lowest BCUT2D eigenvalue weighted by Gasteiger charge is -2.15. The molecule has 2 aromatic rings. The van der Waals surface area contributed by atoms with Crippen LogP contribution < -0.4 is 5.32 Å². The number of hydrogen-bond acceptors (Lipinski definition) is 2. The molecule has 0 spiro atoms. The van der Waals surface area contributed by atoms with Gasteiger partial charge in [-0.15, -0.1) is 0 Å². The largest absolute Gasteiger partial charge is 0.418 e. The molecule has 0 aliphatic carbocycles. The number of halogens is 4. The van der Waals surface area contributed by atoms with Gasteiger partial charge in [0.15, 0.2) is 0 Å². The topological polar surface area (TPSA) is 24.9 Å². The third-order valence-corrected chi connectivity index (χ3v) is 3.39. The molecular formula is C14H12BrF3N2. The van der Waals surface area contributed by atoms with E-state index in [1.54, 1.807) is 18.5 Å². The van der Waals surface area contributed by atoms with Crippen molar-refractivity contribution >= 4 is 21.6 Å². The summed E-state index contributed by atoms with van der Waals surface area (Å²) in [5.74, 6) is 0. The van der Waals surface area contributed by atoms with Gasteiger partial charge in [0, 0.05) is 29.1 Å². The van der Waals surface area contributed by atoms with Gasteiger partial charge in [-0.2, -0.15) is 13.2 Å². The molecule has 0 atom stereocenters. The summed E-state index contributed by atoms with van der Waals surface area (Å²) in [4.78, 5) is 3.96. The molecule has 0 saturated carbocycles. The van der Waals surface area contributed by atoms with Crippen LogP contribution in [-0.2, 0) is 12.7 Å². The van der Waals surface area contributed by atoms with E-state index in [1.165, 1.54) is 12.1 Å². The summed E-state index contributed by atoms with van der Waals surface area (Å²) in [7, 11) is 0. The molecular weight excluding hydrogens is 333 g/mol. The second-order valence-electron chi connectivity index (χ2n) is 4.34. The molecule has 1 heterocycles. The van der Waals surface area contributed by atoms with Gasteiger partial charge in [0.2, 0.25) is 0 Å². The highest BCUT2D eigenvalue weighted by atomic mass is 79.9. The minimum Gasteiger partial charge on any atom is -0.380 e. The van der Waals surface area contributed by atoms with Crippen LogP contribution in [0, 0.1) is 6.92 Å². The average Bonchev–Trinajstić information content (AvgIpc) is 2.36. The highest BCUT2D eigenvalue weighted by Gasteiger charge is 2.33. The minimum atomic E-state index is -4.38. The number of alkyl halides is 3. The Bertz CT molecular complexity index is 612. The summed E-state index contributed by atoms with van der Waals surface area (Å²) < 4.78 is 39.4. The number of hydrogen-bond donors (Lipinski definition) is 1. The van der Waals surface area contributed by atoms with E-state index in [4.69, 9.17) is 0 Å². The van der Waals surface area contributed by atoms with Gasteiger partial charge < -0.3 is 5.32 Å². The summed E-state index contributed by atoms with van der Waals surface area (Å²) in [6.45, 7) is 2.18. The van der Waals surface area contributed by atoms with Crippen molar-refractivity contribution in [2.24, 2.45) is 0 Å². The third-order valence-electron chi connectivity index (χ3n) is 2.89. The second-order valence-corrected chi connectivity index (χ2v) is 5.26. The Balaban J connectivity index is 2.25. The molecule has 0 bridgehead atoms. The molecule has 6 heteroatoms. The number of pyridine rings is 1. The fourth-order valence-corrected chi connectivity index (χ4v) is 2.16. The lowest BCUT2D eigenvalue weighted by atomic mass is 10.1. The van der Waals surface area contributed by atoms with E-state index in [0.717, 1.165) is 17.2 Å². The molecule has 0 amide bonds. The highest BCUT2D eigenvalue weighted by Crippen LogP contribution is 2.36. The molecule has 0 radical (unpaired) electrons. The Morgan fingerprint density at radius 1 is 1.25 bits per heavy atom. The zero-order chi connectivity index (χ0) is 14.8. The molecule has 0 aliphatic heterocycles. The maximum atomic E-state index is 12.9. The maximum Gasteiger partial charge on any atom is 0.418 e. The number of anilines is 1. The number of nitrogens with one attached hydrogen (secondary N) is 1. The fourth-order valence-electron chi connectivity index (χ4n) is 1.80. The van der Waals surface area contributed by atoms with Crippen LogP contribution in [0.2, 0.25) is 0 Å². The first-order chi connectivity index (χ1) is 9.38. The second kappa shape index (κ2) is 5.83. The lowest BCUT2D eigenvalue weighted by molar-refractivity contribution is -0.137. The Labute approximate surface area is 123 Å². The van der Waals surface area contributed by atoms with Crippen molar-refractivity contribution in [1.82, 2.24) is 4.98 Å². The van der Waals surface area contributed by atoms with Crippen LogP contribution >= 0.6 is 15.9 Å². The van der Waals surface area contributed by atoms with Gasteiger partial charge in [-0.05, 0) is 42.3 Å². The Morgan fingerprint density at radius 3 is 2.65 bits per heavy atom. The molecule has 1 aromatic heterocycles. The van der Waals surface area contributed by atoms with Crippen molar-refractivity contribution in [3.05, 3.63) is 57.8 Å². The molecule has 2 rings (SSSR count). The number of benzene rings is 1. The van der Waals surface area contributed by atoms with E-state index in [2.05, 4.69) is 26.2 Å².